The van der Waals surface area contributed by atoms with Crippen molar-refractivity contribution in [2.75, 3.05) is 0 Å². The van der Waals surface area contributed by atoms with Crippen molar-refractivity contribution in [3.8, 4) is 0 Å². The molecule has 1 atom stereocenters. The summed E-state index contributed by atoms with van der Waals surface area (Å²) >= 11 is 0. The number of hydrogen-bond acceptors (Lipinski definition) is 5. The van der Waals surface area contributed by atoms with Crippen LogP contribution in [0.15, 0.2) is 0 Å². The van der Waals surface area contributed by atoms with Gasteiger partial charge in [0.05, 0.1) is 0 Å². The van der Waals surface area contributed by atoms with Crippen molar-refractivity contribution in [2.45, 2.75) is 18.0 Å². The van der Waals surface area contributed by atoms with Gasteiger partial charge in [-0.05, 0) is 6.42 Å². The lowest BCUT2D eigenvalue weighted by Gasteiger charge is -2.26. The molecule has 0 saturated heterocycles. The molecule has 0 fully saturated rings. The summed E-state index contributed by atoms with van der Waals surface area (Å²) in [4.78, 5) is 60.5. The van der Waals surface area contributed by atoms with Gasteiger partial charge in [0.1, 0.15) is 0 Å². The minimum atomic E-state index is -5.72. The third-order valence-corrected chi connectivity index (χ3v) is 3.73. The van der Waals surface area contributed by atoms with Gasteiger partial charge < -0.3 is 25.1 Å². The van der Waals surface area contributed by atoms with Crippen molar-refractivity contribution in [1.82, 2.24) is 0 Å². The molecule has 0 radical (unpaired) electrons. The lowest BCUT2D eigenvalue weighted by Crippen LogP contribution is -2.50. The van der Waals surface area contributed by atoms with E-state index in [2.05, 4.69) is 0 Å². The normalized spacial score (nSPS) is 14.6. The fourth-order valence-electron chi connectivity index (χ4n) is 1.18. The smallest absolute Gasteiger partial charge is 0.374 e. The highest BCUT2D eigenvalue weighted by Gasteiger charge is 2.62. The summed E-state index contributed by atoms with van der Waals surface area (Å²) in [5.41, 5.74) is 0. The Labute approximate surface area is 99.0 Å². The number of Topliss-reactive ketones (excluding diaryl/α,β-unsaturated/α-hetero) is 1. The van der Waals surface area contributed by atoms with Crippen molar-refractivity contribution in [3.05, 3.63) is 0 Å². The van der Waals surface area contributed by atoms with E-state index in [1.54, 1.807) is 0 Å². The van der Waals surface area contributed by atoms with Gasteiger partial charge in [-0.2, -0.15) is 0 Å². The maximum Gasteiger partial charge on any atom is 0.374 e. The van der Waals surface area contributed by atoms with Crippen LogP contribution in [0.4, 0.5) is 0 Å². The molecular weight excluding hydrogens is 275 g/mol. The average Bonchev–Trinajstić information content (AvgIpc) is 2.14. The van der Waals surface area contributed by atoms with Crippen LogP contribution in [0.2, 0.25) is 0 Å². The summed E-state index contributed by atoms with van der Waals surface area (Å²) in [5, 5.41) is 21.9. The van der Waals surface area contributed by atoms with Gasteiger partial charge in [0.2, 0.25) is 5.16 Å². The average molecular weight is 284 g/mol. The van der Waals surface area contributed by atoms with Crippen LogP contribution in [0.5, 0.6) is 0 Å². The molecule has 0 aromatic heterocycles. The minimum Gasteiger partial charge on any atom is -0.481 e. The standard InChI is InChI=1S/C7H9O10P/c8-3(9)1-2-7(6(13)14,18(15,16)17)4(10)5(11)12/h1-2H2,(H,8,9)(H,11,12)(H,13,14)(H2,15,16,17). The molecule has 18 heavy (non-hydrogen) atoms. The maximum absolute atomic E-state index is 11.2. The van der Waals surface area contributed by atoms with Crippen LogP contribution in [-0.2, 0) is 23.7 Å². The first-order valence-corrected chi connectivity index (χ1v) is 5.86. The Hall–Kier alpha value is -1.77. The zero-order chi connectivity index (χ0) is 14.7. The Balaban J connectivity index is 5.83. The lowest BCUT2D eigenvalue weighted by atomic mass is 9.97. The molecule has 0 aromatic carbocycles. The number of ketones is 1. The SMILES string of the molecule is O=C(O)CCC(C(=O)O)(C(=O)C(=O)O)P(=O)(O)O. The monoisotopic (exact) mass is 284 g/mol. The first-order chi connectivity index (χ1) is 7.96. The van der Waals surface area contributed by atoms with Gasteiger partial charge in [0.15, 0.2) is 0 Å². The van der Waals surface area contributed by atoms with E-state index in [-0.39, 0.29) is 0 Å². The molecule has 10 nitrogen and oxygen atoms in total. The van der Waals surface area contributed by atoms with E-state index < -0.39 is 49.3 Å². The van der Waals surface area contributed by atoms with Crippen molar-refractivity contribution in [1.29, 1.82) is 0 Å². The molecule has 11 heteroatoms. The Morgan fingerprint density at radius 1 is 1.00 bits per heavy atom. The second kappa shape index (κ2) is 5.25. The summed E-state index contributed by atoms with van der Waals surface area (Å²) < 4.78 is 11.1. The Morgan fingerprint density at radius 3 is 1.67 bits per heavy atom. The molecule has 0 heterocycles. The molecule has 0 saturated carbocycles. The first kappa shape index (κ1) is 16.2. The molecule has 0 aliphatic carbocycles. The predicted molar refractivity (Wildman–Crippen MR) is 51.9 cm³/mol. The van der Waals surface area contributed by atoms with Gasteiger partial charge in [-0.3, -0.25) is 18.9 Å². The molecule has 0 aliphatic heterocycles. The second-order valence-electron chi connectivity index (χ2n) is 3.24. The number of aliphatic carboxylic acids is 3. The van der Waals surface area contributed by atoms with Gasteiger partial charge in [0.25, 0.3) is 5.78 Å². The molecular formula is C7H9O10P. The van der Waals surface area contributed by atoms with E-state index in [9.17, 15) is 23.7 Å². The van der Waals surface area contributed by atoms with E-state index >= 15 is 0 Å². The highest BCUT2D eigenvalue weighted by Crippen LogP contribution is 2.54. The van der Waals surface area contributed by atoms with Crippen LogP contribution >= 0.6 is 7.60 Å². The molecule has 0 amide bonds. The van der Waals surface area contributed by atoms with Gasteiger partial charge >= 0.3 is 25.5 Å². The van der Waals surface area contributed by atoms with E-state index in [0.29, 0.717) is 0 Å². The summed E-state index contributed by atoms with van der Waals surface area (Å²) in [6, 6.07) is 0. The summed E-state index contributed by atoms with van der Waals surface area (Å²) in [6.07, 6.45) is -2.41. The summed E-state index contributed by atoms with van der Waals surface area (Å²) in [7, 11) is -5.72. The van der Waals surface area contributed by atoms with Crippen LogP contribution in [0, 0.1) is 0 Å². The Bertz CT molecular complexity index is 447. The predicted octanol–water partition coefficient (Wildman–Crippen LogP) is -1.49. The minimum absolute atomic E-state index is 1.09. The lowest BCUT2D eigenvalue weighted by molar-refractivity contribution is -0.156. The molecule has 0 spiro atoms. The fourth-order valence-corrected chi connectivity index (χ4v) is 2.20. The van der Waals surface area contributed by atoms with E-state index in [4.69, 9.17) is 25.1 Å². The number of carbonyl (C=O) groups excluding carboxylic acids is 1. The molecule has 1 unspecified atom stereocenters. The topological polar surface area (TPSA) is 186 Å². The van der Waals surface area contributed by atoms with Crippen LogP contribution < -0.4 is 0 Å². The molecule has 0 aromatic rings. The van der Waals surface area contributed by atoms with Crippen LogP contribution in [-0.4, -0.2) is 54.0 Å². The summed E-state index contributed by atoms with van der Waals surface area (Å²) in [5.74, 6) is -8.65. The largest absolute Gasteiger partial charge is 0.481 e. The number of carboxylic acid groups (broad SMARTS) is 3. The van der Waals surface area contributed by atoms with Gasteiger partial charge in [-0.1, -0.05) is 0 Å². The summed E-state index contributed by atoms with van der Waals surface area (Å²) in [6.45, 7) is 0. The third kappa shape index (κ3) is 2.92. The van der Waals surface area contributed by atoms with Crippen molar-refractivity contribution in [2.24, 2.45) is 0 Å². The Kier molecular flexibility index (Phi) is 4.74. The first-order valence-electron chi connectivity index (χ1n) is 4.25. The number of rotatable bonds is 7. The van der Waals surface area contributed by atoms with E-state index in [1.807, 2.05) is 0 Å². The highest BCUT2D eigenvalue weighted by atomic mass is 31.2. The highest BCUT2D eigenvalue weighted by molar-refractivity contribution is 7.56. The van der Waals surface area contributed by atoms with Crippen molar-refractivity contribution < 1.29 is 48.8 Å². The van der Waals surface area contributed by atoms with Gasteiger partial charge in [-0.25, -0.2) is 4.79 Å². The van der Waals surface area contributed by atoms with Crippen LogP contribution in [0.3, 0.4) is 0 Å². The van der Waals surface area contributed by atoms with Crippen molar-refractivity contribution in [3.63, 3.8) is 0 Å². The number of carboxylic acids is 3. The number of hydrogen-bond donors (Lipinski definition) is 5. The molecule has 0 rings (SSSR count). The zero-order valence-electron chi connectivity index (χ0n) is 8.64. The van der Waals surface area contributed by atoms with Gasteiger partial charge in [0, 0.05) is 6.42 Å². The third-order valence-electron chi connectivity index (χ3n) is 2.12. The van der Waals surface area contributed by atoms with Gasteiger partial charge in [-0.15, -0.1) is 0 Å². The molecule has 0 bridgehead atoms. The number of carbonyl (C=O) groups is 4. The maximum atomic E-state index is 11.2. The van der Waals surface area contributed by atoms with E-state index in [1.165, 1.54) is 0 Å². The zero-order valence-corrected chi connectivity index (χ0v) is 9.53. The quantitative estimate of drug-likeness (QED) is 0.209. The molecule has 0 aliphatic rings. The van der Waals surface area contributed by atoms with Crippen molar-refractivity contribution >= 4 is 31.3 Å². The Morgan fingerprint density at radius 2 is 1.44 bits per heavy atom. The molecule has 102 valence electrons. The van der Waals surface area contributed by atoms with Crippen LogP contribution in [0.1, 0.15) is 12.8 Å². The molecule has 5 N–H and O–H groups in total. The second-order valence-corrected chi connectivity index (χ2v) is 5.09. The van der Waals surface area contributed by atoms with Crippen LogP contribution in [0.25, 0.3) is 0 Å². The van der Waals surface area contributed by atoms with E-state index in [0.717, 1.165) is 0 Å². The fraction of sp³-hybridized carbons (Fsp3) is 0.429.